The van der Waals surface area contributed by atoms with E-state index >= 15 is 0 Å². The molecule has 0 saturated heterocycles. The van der Waals surface area contributed by atoms with E-state index in [0.717, 1.165) is 11.1 Å². The fraction of sp³-hybridized carbons (Fsp3) is 0.0714. The number of benzene rings is 5. The number of halogens is 2. The van der Waals surface area contributed by atoms with Crippen LogP contribution >= 0.6 is 22.6 Å². The van der Waals surface area contributed by atoms with Crippen LogP contribution in [0.25, 0.3) is 43.5 Å². The van der Waals surface area contributed by atoms with Gasteiger partial charge in [0, 0.05) is 0 Å². The molecule has 0 aliphatic carbocycles. The van der Waals surface area contributed by atoms with Crippen LogP contribution in [0.2, 0.25) is 0 Å². The Balaban J connectivity index is 1.70. The molecule has 6 rings (SSSR count). The molecule has 0 saturated carbocycles. The van der Waals surface area contributed by atoms with Crippen LogP contribution in [0, 0.1) is 14.1 Å². The fourth-order valence-corrected chi connectivity index (χ4v) is 9.51. The molecule has 0 unspecified atom stereocenters. The minimum atomic E-state index is -1.10. The molecule has 15 nitrogen and oxygen atoms in total. The van der Waals surface area contributed by atoms with Gasteiger partial charge in [0.1, 0.15) is 0 Å². The van der Waals surface area contributed by atoms with Gasteiger partial charge in [-0.2, -0.15) is 0 Å². The van der Waals surface area contributed by atoms with E-state index in [1.165, 1.54) is 0 Å². The minimum absolute atomic E-state index is 0.0949. The maximum absolute atomic E-state index is 6.83. The first kappa shape index (κ1) is 30.1. The van der Waals surface area contributed by atoms with Gasteiger partial charge in [-0.15, -0.1) is 0 Å². The van der Waals surface area contributed by atoms with Crippen LogP contribution in [-0.2, 0) is 4.43 Å². The SMILES string of the molecule is Cc1c2c(N)c(N)c(N)c(N)c2c(C[I-]c2c(N)c(N)c3oc4c(N)c(N)c(N)c(N)c4c3c2N)c2c(N)c(N)c(I)c(N)c12. The van der Waals surface area contributed by atoms with Crippen LogP contribution < -0.4 is 101 Å². The van der Waals surface area contributed by atoms with Gasteiger partial charge >= 0.3 is 281 Å². The molecule has 0 atom stereocenters. The number of fused-ring (bicyclic) bond motifs is 5. The molecule has 1 heterocycles. The summed E-state index contributed by atoms with van der Waals surface area (Å²) in [6.07, 6.45) is 0. The van der Waals surface area contributed by atoms with E-state index in [9.17, 15) is 0 Å². The summed E-state index contributed by atoms with van der Waals surface area (Å²) in [6, 6.07) is 0. The second-order valence-corrected chi connectivity index (χ2v) is 14.5. The van der Waals surface area contributed by atoms with Gasteiger partial charge in [-0.3, -0.25) is 0 Å². The fourth-order valence-electron chi connectivity index (χ4n) is 6.04. The van der Waals surface area contributed by atoms with Gasteiger partial charge in [-0.1, -0.05) is 0 Å². The molecule has 6 aromatic rings. The van der Waals surface area contributed by atoms with Gasteiger partial charge in [0.2, 0.25) is 0 Å². The van der Waals surface area contributed by atoms with E-state index in [0.29, 0.717) is 66.6 Å². The topological polar surface area (TPSA) is 377 Å². The number of rotatable bonds is 3. The van der Waals surface area contributed by atoms with Crippen LogP contribution in [0.15, 0.2) is 4.42 Å². The molecular weight excluding hydrogens is 802 g/mol. The van der Waals surface area contributed by atoms with Crippen molar-refractivity contribution in [2.24, 2.45) is 0 Å². The molecule has 0 fully saturated rings. The summed E-state index contributed by atoms with van der Waals surface area (Å²) in [5.74, 6) is 0. The summed E-state index contributed by atoms with van der Waals surface area (Å²) in [5.41, 5.74) is 95.7. The number of alkyl halides is 1. The third-order valence-corrected chi connectivity index (χ3v) is 12.7. The van der Waals surface area contributed by atoms with E-state index in [-0.39, 0.29) is 68.0 Å². The first-order valence-corrected chi connectivity index (χ1v) is 16.9. The first-order valence-electron chi connectivity index (χ1n) is 13.2. The van der Waals surface area contributed by atoms with E-state index in [1.807, 2.05) is 6.92 Å². The molecule has 17 heteroatoms. The van der Waals surface area contributed by atoms with Crippen molar-refractivity contribution in [1.82, 2.24) is 0 Å². The normalized spacial score (nSPS) is 12.0. The molecule has 236 valence electrons. The number of nitrogen functional groups attached to an aromatic ring is 14. The summed E-state index contributed by atoms with van der Waals surface area (Å²) in [6.45, 7) is 1.88. The summed E-state index contributed by atoms with van der Waals surface area (Å²) in [7, 11) is 0. The van der Waals surface area contributed by atoms with Gasteiger partial charge in [-0.05, 0) is 0 Å². The number of hydrogen-bond acceptors (Lipinski definition) is 15. The van der Waals surface area contributed by atoms with Crippen LogP contribution in [0.3, 0.4) is 0 Å². The average molecular weight is 835 g/mol. The Morgan fingerprint density at radius 3 is 1.40 bits per heavy atom. The Morgan fingerprint density at radius 2 is 0.844 bits per heavy atom. The molecule has 28 N–H and O–H groups in total. The zero-order chi connectivity index (χ0) is 33.1. The number of nitrogens with two attached hydrogens (primary N) is 14. The third-order valence-electron chi connectivity index (χ3n) is 8.47. The maximum atomic E-state index is 6.83. The zero-order valence-electron chi connectivity index (χ0n) is 24.0. The molecule has 45 heavy (non-hydrogen) atoms. The Labute approximate surface area is 279 Å². The molecule has 0 bridgehead atoms. The predicted octanol–water partition coefficient (Wildman–Crippen LogP) is -0.585. The Hall–Kier alpha value is -4.92. The van der Waals surface area contributed by atoms with E-state index in [1.54, 1.807) is 0 Å². The molecule has 0 aliphatic heterocycles. The van der Waals surface area contributed by atoms with Crippen LogP contribution in [0.1, 0.15) is 11.1 Å². The van der Waals surface area contributed by atoms with Crippen molar-refractivity contribution in [3.63, 3.8) is 0 Å². The van der Waals surface area contributed by atoms with E-state index in [4.69, 9.17) is 84.7 Å². The molecule has 5 aromatic carbocycles. The quantitative estimate of drug-likeness (QED) is 0.0459. The van der Waals surface area contributed by atoms with E-state index < -0.39 is 21.2 Å². The van der Waals surface area contributed by atoms with Crippen LogP contribution in [0.4, 0.5) is 79.6 Å². The van der Waals surface area contributed by atoms with Crippen molar-refractivity contribution < 1.29 is 25.6 Å². The van der Waals surface area contributed by atoms with Gasteiger partial charge < -0.3 is 0 Å². The monoisotopic (exact) mass is 835 g/mol. The Morgan fingerprint density at radius 1 is 0.444 bits per heavy atom. The van der Waals surface area contributed by atoms with Crippen molar-refractivity contribution in [2.45, 2.75) is 11.4 Å². The average Bonchev–Trinajstić information content (AvgIpc) is 3.42. The molecular formula is C28H33I2N14O-. The number of anilines is 14. The molecule has 0 spiro atoms. The van der Waals surface area contributed by atoms with Gasteiger partial charge in [-0.25, -0.2) is 0 Å². The first-order chi connectivity index (χ1) is 21.0. The van der Waals surface area contributed by atoms with Crippen LogP contribution in [0.5, 0.6) is 0 Å². The zero-order valence-corrected chi connectivity index (χ0v) is 28.3. The summed E-state index contributed by atoms with van der Waals surface area (Å²) < 4.78 is 7.65. The number of hydrogen-bond donors (Lipinski definition) is 14. The predicted molar refractivity (Wildman–Crippen MR) is 197 cm³/mol. The number of aryl methyl sites for hydroxylation is 1. The van der Waals surface area contributed by atoms with E-state index in [2.05, 4.69) is 22.6 Å². The molecule has 0 radical (unpaired) electrons. The second kappa shape index (κ2) is 9.79. The Kier molecular flexibility index (Phi) is 6.55. The standard InChI is InChI=1S/C28H33I2N14O/c1-3-5-7(16(34)19(37)11(29)13(5)31)4(8-6(3)15(33)21(39)22(40)17(8)35)2-30-12-14(32)9-10-18(36)23(41)24(42)26(44)28(10)45-27(9)25(43)20(12)38/h2,31-44H2,1H3/q-1. The molecule has 1 aromatic heterocycles. The van der Waals surface area contributed by atoms with Crippen molar-refractivity contribution in [2.75, 3.05) is 80.3 Å². The van der Waals surface area contributed by atoms with Crippen LogP contribution in [-0.4, -0.2) is 0 Å². The summed E-state index contributed by atoms with van der Waals surface area (Å²) in [5, 5.41) is 3.35. The number of furan rings is 1. The van der Waals surface area contributed by atoms with Gasteiger partial charge in [0.15, 0.2) is 0 Å². The Bertz CT molecular complexity index is 2270. The second-order valence-electron chi connectivity index (χ2n) is 10.8. The van der Waals surface area contributed by atoms with Crippen molar-refractivity contribution >= 4 is 146 Å². The summed E-state index contributed by atoms with van der Waals surface area (Å²) in [4.78, 5) is 0. The third kappa shape index (κ3) is 3.73. The van der Waals surface area contributed by atoms with Gasteiger partial charge in [0.05, 0.1) is 0 Å². The van der Waals surface area contributed by atoms with Crippen molar-refractivity contribution in [3.05, 3.63) is 18.3 Å². The molecule has 0 aliphatic rings. The van der Waals surface area contributed by atoms with Crippen molar-refractivity contribution in [3.8, 4) is 0 Å². The van der Waals surface area contributed by atoms with Crippen molar-refractivity contribution in [1.29, 1.82) is 0 Å². The van der Waals surface area contributed by atoms with Gasteiger partial charge in [0.25, 0.3) is 0 Å². The molecule has 0 amide bonds. The summed E-state index contributed by atoms with van der Waals surface area (Å²) >= 11 is 0.969.